The molecule has 0 saturated heterocycles. The normalized spacial score (nSPS) is 11.8. The molecule has 1 unspecified atom stereocenters. The van der Waals surface area contributed by atoms with Crippen LogP contribution in [-0.2, 0) is 6.42 Å². The highest BCUT2D eigenvalue weighted by molar-refractivity contribution is 5.23. The van der Waals surface area contributed by atoms with E-state index in [1.165, 1.54) is 11.1 Å². The fourth-order valence-electron chi connectivity index (χ4n) is 2.31. The van der Waals surface area contributed by atoms with Gasteiger partial charge in [0.25, 0.3) is 0 Å². The summed E-state index contributed by atoms with van der Waals surface area (Å²) in [6.45, 7) is 0.955. The highest BCUT2D eigenvalue weighted by Gasteiger charge is 2.10. The quantitative estimate of drug-likeness (QED) is 0.588. The Hall–Kier alpha value is -2.04. The zero-order chi connectivity index (χ0) is 14.0. The first-order valence-electron chi connectivity index (χ1n) is 7.16. The van der Waals surface area contributed by atoms with E-state index in [1.54, 1.807) is 0 Å². The fraction of sp³-hybridized carbons (Fsp3) is 0.263. The Morgan fingerprint density at radius 1 is 0.950 bits per heavy atom. The molecule has 0 amide bonds. The second-order valence-corrected chi connectivity index (χ2v) is 4.91. The van der Waals surface area contributed by atoms with Crippen LogP contribution in [-0.4, -0.2) is 6.54 Å². The maximum absolute atomic E-state index is 5.30. The van der Waals surface area contributed by atoms with Gasteiger partial charge >= 0.3 is 0 Å². The first kappa shape index (κ1) is 14.4. The van der Waals surface area contributed by atoms with Crippen molar-refractivity contribution in [3.05, 3.63) is 71.8 Å². The van der Waals surface area contributed by atoms with Crippen LogP contribution in [0.25, 0.3) is 0 Å². The molecule has 1 N–H and O–H groups in total. The molecule has 102 valence electrons. The largest absolute Gasteiger partial charge is 0.310 e. The highest BCUT2D eigenvalue weighted by Crippen LogP contribution is 2.18. The van der Waals surface area contributed by atoms with Gasteiger partial charge in [-0.15, -0.1) is 12.3 Å². The molecule has 0 aliphatic carbocycles. The molecule has 2 aromatic rings. The van der Waals surface area contributed by atoms with Crippen LogP contribution < -0.4 is 5.32 Å². The van der Waals surface area contributed by atoms with Gasteiger partial charge in [0.15, 0.2) is 0 Å². The third kappa shape index (κ3) is 4.57. The van der Waals surface area contributed by atoms with Crippen molar-refractivity contribution in [3.63, 3.8) is 0 Å². The first-order valence-corrected chi connectivity index (χ1v) is 7.16. The van der Waals surface area contributed by atoms with Crippen LogP contribution in [0.15, 0.2) is 60.7 Å². The zero-order valence-electron chi connectivity index (χ0n) is 11.8. The van der Waals surface area contributed by atoms with Gasteiger partial charge in [-0.1, -0.05) is 60.7 Å². The van der Waals surface area contributed by atoms with E-state index in [0.717, 1.165) is 25.8 Å². The molecule has 0 radical (unpaired) electrons. The monoisotopic (exact) mass is 263 g/mol. The molecule has 1 atom stereocenters. The average Bonchev–Trinajstić information content (AvgIpc) is 2.52. The molecule has 1 nitrogen and oxygen atoms in total. The van der Waals surface area contributed by atoms with Gasteiger partial charge in [0.05, 0.1) is 0 Å². The van der Waals surface area contributed by atoms with Gasteiger partial charge in [-0.25, -0.2) is 0 Å². The lowest BCUT2D eigenvalue weighted by atomic mass is 9.99. The van der Waals surface area contributed by atoms with Crippen molar-refractivity contribution in [1.29, 1.82) is 0 Å². The lowest BCUT2D eigenvalue weighted by Gasteiger charge is -2.19. The highest BCUT2D eigenvalue weighted by atomic mass is 14.9. The molecule has 2 rings (SSSR count). The third-order valence-corrected chi connectivity index (χ3v) is 3.37. The summed E-state index contributed by atoms with van der Waals surface area (Å²) in [5.74, 6) is 2.69. The second-order valence-electron chi connectivity index (χ2n) is 4.91. The van der Waals surface area contributed by atoms with Crippen LogP contribution >= 0.6 is 0 Å². The third-order valence-electron chi connectivity index (χ3n) is 3.37. The molecule has 0 aliphatic rings. The smallest absolute Gasteiger partial charge is 0.0360 e. The van der Waals surface area contributed by atoms with E-state index in [9.17, 15) is 0 Å². The standard InChI is InChI=1S/C19H21N/c1-2-3-10-15-20-19(18-13-8-5-9-14-18)16-17-11-6-4-7-12-17/h1,4-9,11-14,19-20H,3,10,15-16H2. The van der Waals surface area contributed by atoms with E-state index in [4.69, 9.17) is 6.42 Å². The number of benzene rings is 2. The number of nitrogens with one attached hydrogen (secondary N) is 1. The van der Waals surface area contributed by atoms with Gasteiger partial charge in [0.2, 0.25) is 0 Å². The molecular weight excluding hydrogens is 242 g/mol. The summed E-state index contributed by atoms with van der Waals surface area (Å²) in [6, 6.07) is 21.6. The minimum Gasteiger partial charge on any atom is -0.310 e. The second kappa shape index (κ2) is 8.19. The van der Waals surface area contributed by atoms with Crippen molar-refractivity contribution in [3.8, 4) is 12.3 Å². The maximum Gasteiger partial charge on any atom is 0.0360 e. The molecule has 0 saturated carbocycles. The number of unbranched alkanes of at least 4 members (excludes halogenated alkanes) is 1. The van der Waals surface area contributed by atoms with E-state index < -0.39 is 0 Å². The summed E-state index contributed by atoms with van der Waals surface area (Å²) in [4.78, 5) is 0. The first-order chi connectivity index (χ1) is 9.90. The van der Waals surface area contributed by atoms with Crippen molar-refractivity contribution >= 4 is 0 Å². The van der Waals surface area contributed by atoms with Crippen molar-refractivity contribution in [2.24, 2.45) is 0 Å². The molecule has 0 heterocycles. The summed E-state index contributed by atoms with van der Waals surface area (Å²) >= 11 is 0. The molecule has 20 heavy (non-hydrogen) atoms. The van der Waals surface area contributed by atoms with Crippen LogP contribution in [0.2, 0.25) is 0 Å². The zero-order valence-corrected chi connectivity index (χ0v) is 11.8. The summed E-state index contributed by atoms with van der Waals surface area (Å²) in [5, 5.41) is 3.62. The Kier molecular flexibility index (Phi) is 5.89. The molecule has 0 aliphatic heterocycles. The Morgan fingerprint density at radius 2 is 1.60 bits per heavy atom. The van der Waals surface area contributed by atoms with Crippen LogP contribution in [0.3, 0.4) is 0 Å². The topological polar surface area (TPSA) is 12.0 Å². The number of hydrogen-bond donors (Lipinski definition) is 1. The SMILES string of the molecule is C#CCCCNC(Cc1ccccc1)c1ccccc1. The van der Waals surface area contributed by atoms with Crippen LogP contribution in [0.5, 0.6) is 0 Å². The van der Waals surface area contributed by atoms with E-state index in [0.29, 0.717) is 6.04 Å². The molecule has 1 heteroatoms. The Bertz CT molecular complexity index is 525. The maximum atomic E-state index is 5.30. The number of terminal acetylenes is 1. The summed E-state index contributed by atoms with van der Waals surface area (Å²) < 4.78 is 0. The fourth-order valence-corrected chi connectivity index (χ4v) is 2.31. The van der Waals surface area contributed by atoms with Crippen LogP contribution in [0.4, 0.5) is 0 Å². The number of rotatable bonds is 7. The summed E-state index contributed by atoms with van der Waals surface area (Å²) in [6.07, 6.45) is 8.16. The lowest BCUT2D eigenvalue weighted by molar-refractivity contribution is 0.523. The minimum atomic E-state index is 0.344. The van der Waals surface area contributed by atoms with Gasteiger partial charge in [0, 0.05) is 12.5 Å². The average molecular weight is 263 g/mol. The number of hydrogen-bond acceptors (Lipinski definition) is 1. The van der Waals surface area contributed by atoms with Gasteiger partial charge in [-0.3, -0.25) is 0 Å². The van der Waals surface area contributed by atoms with Crippen molar-refractivity contribution in [2.75, 3.05) is 6.54 Å². The predicted molar refractivity (Wildman–Crippen MR) is 85.4 cm³/mol. The summed E-state index contributed by atoms with van der Waals surface area (Å²) in [5.41, 5.74) is 2.68. The molecule has 0 bridgehead atoms. The lowest BCUT2D eigenvalue weighted by Crippen LogP contribution is -2.24. The van der Waals surface area contributed by atoms with Gasteiger partial charge in [-0.05, 0) is 30.5 Å². The van der Waals surface area contributed by atoms with Crippen molar-refractivity contribution in [1.82, 2.24) is 5.32 Å². The minimum absolute atomic E-state index is 0.344. The molecule has 0 spiro atoms. The molecule has 0 aromatic heterocycles. The molecular formula is C19H21N. The van der Waals surface area contributed by atoms with E-state index >= 15 is 0 Å². The molecule has 0 fully saturated rings. The predicted octanol–water partition coefficient (Wildman–Crippen LogP) is 3.97. The summed E-state index contributed by atoms with van der Waals surface area (Å²) in [7, 11) is 0. The van der Waals surface area contributed by atoms with Crippen LogP contribution in [0.1, 0.15) is 30.0 Å². The van der Waals surface area contributed by atoms with E-state index in [2.05, 4.69) is 71.9 Å². The van der Waals surface area contributed by atoms with Crippen molar-refractivity contribution in [2.45, 2.75) is 25.3 Å². The van der Waals surface area contributed by atoms with Gasteiger partial charge in [0.1, 0.15) is 0 Å². The van der Waals surface area contributed by atoms with Crippen LogP contribution in [0, 0.1) is 12.3 Å². The molecule has 2 aromatic carbocycles. The van der Waals surface area contributed by atoms with Gasteiger partial charge < -0.3 is 5.32 Å². The van der Waals surface area contributed by atoms with E-state index in [1.807, 2.05) is 0 Å². The van der Waals surface area contributed by atoms with Crippen molar-refractivity contribution < 1.29 is 0 Å². The Labute approximate surface area is 122 Å². The van der Waals surface area contributed by atoms with E-state index in [-0.39, 0.29) is 0 Å². The van der Waals surface area contributed by atoms with Gasteiger partial charge in [-0.2, -0.15) is 0 Å². The Morgan fingerprint density at radius 3 is 2.25 bits per heavy atom. The Balaban J connectivity index is 2.02.